The number of ether oxygens (including phenoxy) is 1. The second-order valence-corrected chi connectivity index (χ2v) is 8.22. The molecule has 35 heavy (non-hydrogen) atoms. The molecule has 0 aliphatic rings. The maximum atomic E-state index is 13.5. The van der Waals surface area contributed by atoms with E-state index in [2.05, 4.69) is 10.3 Å². The fraction of sp³-hybridized carbons (Fsp3) is 0.0345. The second-order valence-electron chi connectivity index (χ2n) is 8.22. The van der Waals surface area contributed by atoms with E-state index < -0.39 is 11.7 Å². The number of para-hydroxylation sites is 2. The highest BCUT2D eigenvalue weighted by Gasteiger charge is 2.26. The van der Waals surface area contributed by atoms with Gasteiger partial charge in [-0.05, 0) is 23.8 Å². The van der Waals surface area contributed by atoms with Crippen molar-refractivity contribution in [2.24, 2.45) is 0 Å². The summed E-state index contributed by atoms with van der Waals surface area (Å²) in [5.74, 6) is -0.971. The van der Waals surface area contributed by atoms with Crippen LogP contribution in [0.3, 0.4) is 0 Å². The van der Waals surface area contributed by atoms with Crippen LogP contribution in [0.15, 0.2) is 95.4 Å². The Morgan fingerprint density at radius 3 is 2.31 bits per heavy atom. The minimum absolute atomic E-state index is 0.327. The Labute approximate surface area is 200 Å². The zero-order valence-corrected chi connectivity index (χ0v) is 18.8. The molecule has 0 spiro atoms. The van der Waals surface area contributed by atoms with Crippen LogP contribution in [0.2, 0.25) is 0 Å². The van der Waals surface area contributed by atoms with Gasteiger partial charge >= 0.3 is 0 Å². The smallest absolute Gasteiger partial charge is 0.296 e. The highest BCUT2D eigenvalue weighted by molar-refractivity contribution is 6.49. The maximum Gasteiger partial charge on any atom is 0.296 e. The van der Waals surface area contributed by atoms with E-state index in [1.165, 1.54) is 7.11 Å². The third-order valence-corrected chi connectivity index (χ3v) is 6.15. The summed E-state index contributed by atoms with van der Waals surface area (Å²) in [6.45, 7) is 0. The lowest BCUT2D eigenvalue weighted by Crippen LogP contribution is -2.23. The van der Waals surface area contributed by atoms with Crippen molar-refractivity contribution in [2.75, 3.05) is 12.4 Å². The van der Waals surface area contributed by atoms with E-state index in [4.69, 9.17) is 9.15 Å². The first kappa shape index (κ1) is 20.7. The van der Waals surface area contributed by atoms with E-state index >= 15 is 0 Å². The van der Waals surface area contributed by atoms with E-state index in [-0.39, 0.29) is 0 Å². The number of furan rings is 1. The molecule has 4 aromatic carbocycles. The number of aromatic amines is 1. The average Bonchev–Trinajstić information content (AvgIpc) is 3.46. The molecule has 0 aliphatic carbocycles. The van der Waals surface area contributed by atoms with Gasteiger partial charge < -0.3 is 19.5 Å². The molecular formula is C29H20N2O4. The van der Waals surface area contributed by atoms with E-state index in [9.17, 15) is 9.59 Å². The first-order valence-corrected chi connectivity index (χ1v) is 11.1. The standard InChI is InChI=1S/C29H20N2O4/c1-34-25-15-20-18-11-6-8-14-23(18)35-24(20)16-22(25)31-29(33)28(32)26-19-12-5-7-13-21(19)30-27(26)17-9-3-2-4-10-17/h2-16,30H,1H3,(H,31,33). The summed E-state index contributed by atoms with van der Waals surface area (Å²) < 4.78 is 11.5. The van der Waals surface area contributed by atoms with Gasteiger partial charge in [0.1, 0.15) is 16.9 Å². The summed E-state index contributed by atoms with van der Waals surface area (Å²) in [7, 11) is 1.52. The van der Waals surface area contributed by atoms with Gasteiger partial charge in [0.05, 0.1) is 24.1 Å². The minimum atomic E-state index is -0.763. The molecule has 6 nitrogen and oxygen atoms in total. The summed E-state index contributed by atoms with van der Waals surface area (Å²) in [6, 6.07) is 28.1. The van der Waals surface area contributed by atoms with E-state index in [1.54, 1.807) is 6.07 Å². The highest BCUT2D eigenvalue weighted by atomic mass is 16.5. The summed E-state index contributed by atoms with van der Waals surface area (Å²) in [5.41, 5.74) is 4.21. The number of carbonyl (C=O) groups is 2. The van der Waals surface area contributed by atoms with E-state index in [0.717, 1.165) is 27.4 Å². The Bertz CT molecular complexity index is 1750. The van der Waals surface area contributed by atoms with Crippen LogP contribution >= 0.6 is 0 Å². The lowest BCUT2D eigenvalue weighted by atomic mass is 10.0. The van der Waals surface area contributed by atoms with Crippen molar-refractivity contribution in [3.8, 4) is 17.0 Å². The van der Waals surface area contributed by atoms with Crippen LogP contribution in [0.5, 0.6) is 5.75 Å². The van der Waals surface area contributed by atoms with Gasteiger partial charge in [0.15, 0.2) is 0 Å². The van der Waals surface area contributed by atoms with Gasteiger partial charge in [-0.2, -0.15) is 0 Å². The van der Waals surface area contributed by atoms with Crippen LogP contribution < -0.4 is 10.1 Å². The molecule has 0 unspecified atom stereocenters. The Hall–Kier alpha value is -4.84. The monoisotopic (exact) mass is 460 g/mol. The Balaban J connectivity index is 1.42. The molecule has 2 aromatic heterocycles. The molecule has 0 radical (unpaired) electrons. The van der Waals surface area contributed by atoms with Crippen molar-refractivity contribution < 1.29 is 18.7 Å². The predicted octanol–water partition coefficient (Wildman–Crippen LogP) is 6.56. The van der Waals surface area contributed by atoms with Gasteiger partial charge in [-0.1, -0.05) is 66.7 Å². The number of anilines is 1. The van der Waals surface area contributed by atoms with Gasteiger partial charge in [-0.15, -0.1) is 0 Å². The summed E-state index contributed by atoms with van der Waals surface area (Å²) in [5, 5.41) is 5.24. The zero-order chi connectivity index (χ0) is 23.9. The normalized spacial score (nSPS) is 11.2. The summed E-state index contributed by atoms with van der Waals surface area (Å²) >= 11 is 0. The number of benzene rings is 4. The topological polar surface area (TPSA) is 84.3 Å². The van der Waals surface area contributed by atoms with Crippen molar-refractivity contribution in [2.45, 2.75) is 0 Å². The molecule has 2 heterocycles. The predicted molar refractivity (Wildman–Crippen MR) is 137 cm³/mol. The number of rotatable bonds is 5. The van der Waals surface area contributed by atoms with Crippen molar-refractivity contribution in [1.29, 1.82) is 0 Å². The van der Waals surface area contributed by atoms with Crippen LogP contribution in [0.4, 0.5) is 5.69 Å². The fourth-order valence-electron chi connectivity index (χ4n) is 4.51. The molecule has 0 saturated carbocycles. The Morgan fingerprint density at radius 1 is 0.800 bits per heavy atom. The number of methoxy groups -OCH3 is 1. The largest absolute Gasteiger partial charge is 0.495 e. The van der Waals surface area contributed by atoms with Crippen LogP contribution in [-0.2, 0) is 4.79 Å². The molecule has 0 fully saturated rings. The van der Waals surface area contributed by atoms with Crippen molar-refractivity contribution >= 4 is 50.2 Å². The first-order valence-electron chi connectivity index (χ1n) is 11.1. The van der Waals surface area contributed by atoms with Gasteiger partial charge in [-0.25, -0.2) is 0 Å². The maximum absolute atomic E-state index is 13.5. The molecule has 2 N–H and O–H groups in total. The molecule has 6 rings (SSSR count). The lowest BCUT2D eigenvalue weighted by Gasteiger charge is -2.10. The SMILES string of the molecule is COc1cc2c(cc1NC(=O)C(=O)c1c(-c3ccccc3)[nH]c3ccccc13)oc1ccccc12. The van der Waals surface area contributed by atoms with Crippen LogP contribution in [0.25, 0.3) is 44.1 Å². The number of carbonyl (C=O) groups excluding carboxylic acids is 2. The number of nitrogens with one attached hydrogen (secondary N) is 2. The number of ketones is 1. The molecule has 6 heteroatoms. The van der Waals surface area contributed by atoms with Gasteiger partial charge in [0.25, 0.3) is 11.7 Å². The second kappa shape index (κ2) is 8.18. The average molecular weight is 460 g/mol. The molecule has 6 aromatic rings. The minimum Gasteiger partial charge on any atom is -0.495 e. The molecule has 0 atom stereocenters. The summed E-state index contributed by atoms with van der Waals surface area (Å²) in [6.07, 6.45) is 0. The van der Waals surface area contributed by atoms with Gasteiger partial charge in [0.2, 0.25) is 0 Å². The fourth-order valence-corrected chi connectivity index (χ4v) is 4.51. The number of hydrogen-bond acceptors (Lipinski definition) is 4. The van der Waals surface area contributed by atoms with E-state index in [1.807, 2.05) is 84.9 Å². The van der Waals surface area contributed by atoms with Crippen molar-refractivity contribution in [3.63, 3.8) is 0 Å². The number of H-pyrrole nitrogens is 1. The molecule has 0 saturated heterocycles. The first-order chi connectivity index (χ1) is 17.1. The molecular weight excluding hydrogens is 440 g/mol. The van der Waals surface area contributed by atoms with Crippen LogP contribution in [-0.4, -0.2) is 23.8 Å². The van der Waals surface area contributed by atoms with Gasteiger partial charge in [0, 0.05) is 27.7 Å². The third kappa shape index (κ3) is 3.43. The zero-order valence-electron chi connectivity index (χ0n) is 18.8. The molecule has 170 valence electrons. The van der Waals surface area contributed by atoms with Crippen molar-refractivity contribution in [3.05, 3.63) is 96.6 Å². The lowest BCUT2D eigenvalue weighted by molar-refractivity contribution is -0.112. The van der Waals surface area contributed by atoms with Crippen molar-refractivity contribution in [1.82, 2.24) is 4.98 Å². The molecule has 1 amide bonds. The highest BCUT2D eigenvalue weighted by Crippen LogP contribution is 2.37. The third-order valence-electron chi connectivity index (χ3n) is 6.15. The molecule has 0 bridgehead atoms. The number of amides is 1. The Morgan fingerprint density at radius 2 is 1.51 bits per heavy atom. The number of hydrogen-bond donors (Lipinski definition) is 2. The Kier molecular flexibility index (Phi) is 4.85. The number of Topliss-reactive ketones (excluding diaryl/α,β-unsaturated/α-hetero) is 1. The molecule has 0 aliphatic heterocycles. The van der Waals surface area contributed by atoms with Gasteiger partial charge in [-0.3, -0.25) is 9.59 Å². The number of fused-ring (bicyclic) bond motifs is 4. The van der Waals surface area contributed by atoms with Crippen LogP contribution in [0, 0.1) is 0 Å². The number of aromatic nitrogens is 1. The van der Waals surface area contributed by atoms with Crippen LogP contribution in [0.1, 0.15) is 10.4 Å². The quantitative estimate of drug-likeness (QED) is 0.225. The van der Waals surface area contributed by atoms with E-state index in [0.29, 0.717) is 33.7 Å². The summed E-state index contributed by atoms with van der Waals surface area (Å²) in [4.78, 5) is 30.1.